The van der Waals surface area contributed by atoms with Crippen LogP contribution >= 0.6 is 0 Å². The van der Waals surface area contributed by atoms with E-state index in [1.54, 1.807) is 0 Å². The quantitative estimate of drug-likeness (QED) is 0.750. The van der Waals surface area contributed by atoms with Gasteiger partial charge in [0.25, 0.3) is 5.91 Å². The minimum Gasteiger partial charge on any atom is -0.488 e. The first-order chi connectivity index (χ1) is 13.2. The van der Waals surface area contributed by atoms with E-state index in [0.717, 1.165) is 81.2 Å². The second-order valence-corrected chi connectivity index (χ2v) is 7.64. The number of benzene rings is 1. The number of amides is 1. The van der Waals surface area contributed by atoms with Gasteiger partial charge in [0.1, 0.15) is 23.4 Å². The summed E-state index contributed by atoms with van der Waals surface area (Å²) in [6, 6.07) is 11.7. The molecule has 2 aliphatic heterocycles. The normalized spacial score (nSPS) is 17.9. The summed E-state index contributed by atoms with van der Waals surface area (Å²) in [5, 5.41) is 0. The van der Waals surface area contributed by atoms with Crippen LogP contribution in [0.1, 0.15) is 41.1 Å². The highest BCUT2D eigenvalue weighted by Crippen LogP contribution is 2.22. The number of hydrogen-bond acceptors (Lipinski definition) is 4. The molecule has 2 fully saturated rings. The predicted octanol–water partition coefficient (Wildman–Crippen LogP) is 3.52. The summed E-state index contributed by atoms with van der Waals surface area (Å²) >= 11 is 0. The maximum atomic E-state index is 12.5. The number of likely N-dealkylation sites (tertiary alicyclic amines) is 2. The van der Waals surface area contributed by atoms with Crippen molar-refractivity contribution in [2.75, 3.05) is 32.7 Å². The summed E-state index contributed by atoms with van der Waals surface area (Å²) in [5.74, 6) is 2.98. The molecular weight excluding hydrogens is 340 g/mol. The van der Waals surface area contributed by atoms with Crippen molar-refractivity contribution in [1.29, 1.82) is 0 Å². The van der Waals surface area contributed by atoms with E-state index in [0.29, 0.717) is 0 Å². The Morgan fingerprint density at radius 2 is 2.00 bits per heavy atom. The first-order valence-electron chi connectivity index (χ1n) is 10.0. The average Bonchev–Trinajstić information content (AvgIpc) is 3.31. The van der Waals surface area contributed by atoms with Crippen LogP contribution in [0.2, 0.25) is 0 Å². The molecule has 2 saturated heterocycles. The number of carbonyl (C=O) groups excluding carboxylic acids is 1. The van der Waals surface area contributed by atoms with Crippen LogP contribution in [0.15, 0.2) is 40.8 Å². The van der Waals surface area contributed by atoms with Gasteiger partial charge in [0.15, 0.2) is 0 Å². The Morgan fingerprint density at radius 1 is 1.19 bits per heavy atom. The topological polar surface area (TPSA) is 45.9 Å². The van der Waals surface area contributed by atoms with Crippen LogP contribution in [-0.4, -0.2) is 54.5 Å². The van der Waals surface area contributed by atoms with Gasteiger partial charge in [0, 0.05) is 38.2 Å². The highest BCUT2D eigenvalue weighted by molar-refractivity contribution is 5.94. The molecule has 27 heavy (non-hydrogen) atoms. The van der Waals surface area contributed by atoms with Crippen LogP contribution in [-0.2, 0) is 6.42 Å². The Labute approximate surface area is 160 Å². The molecule has 0 bridgehead atoms. The molecule has 1 aromatic heterocycles. The number of aryl methyl sites for hydroxylation is 2. The third-order valence-electron chi connectivity index (χ3n) is 5.39. The third kappa shape index (κ3) is 4.53. The summed E-state index contributed by atoms with van der Waals surface area (Å²) in [5.41, 5.74) is 0.735. The van der Waals surface area contributed by atoms with Crippen LogP contribution in [0.25, 0.3) is 0 Å². The predicted molar refractivity (Wildman–Crippen MR) is 104 cm³/mol. The Balaban J connectivity index is 1.20. The lowest BCUT2D eigenvalue weighted by molar-refractivity contribution is 0.0192. The first kappa shape index (κ1) is 18.1. The van der Waals surface area contributed by atoms with Crippen LogP contribution in [0, 0.1) is 6.92 Å². The zero-order chi connectivity index (χ0) is 18.6. The van der Waals surface area contributed by atoms with E-state index >= 15 is 0 Å². The van der Waals surface area contributed by atoms with Gasteiger partial charge in [-0.05, 0) is 63.1 Å². The molecule has 3 heterocycles. The number of furan rings is 1. The standard InChI is InChI=1S/C22H28N2O3/c1-17-9-10-19(26-17)8-5-11-23-15-21(16-23)27-20-7-4-6-18(14-20)22(25)24-12-2-3-13-24/h4,6-7,9-10,14,21H,2-3,5,8,11-13,15-16H2,1H3. The molecule has 5 nitrogen and oxygen atoms in total. The van der Waals surface area contributed by atoms with Crippen LogP contribution in [0.4, 0.5) is 0 Å². The lowest BCUT2D eigenvalue weighted by Gasteiger charge is -2.39. The van der Waals surface area contributed by atoms with Crippen molar-refractivity contribution in [2.45, 2.75) is 38.7 Å². The zero-order valence-corrected chi connectivity index (χ0v) is 16.0. The highest BCUT2D eigenvalue weighted by Gasteiger charge is 2.28. The molecule has 144 valence electrons. The molecule has 5 heteroatoms. The van der Waals surface area contributed by atoms with Gasteiger partial charge in [0.05, 0.1) is 0 Å². The first-order valence-corrected chi connectivity index (χ1v) is 10.0. The van der Waals surface area contributed by atoms with E-state index in [1.807, 2.05) is 42.2 Å². The second-order valence-electron chi connectivity index (χ2n) is 7.64. The molecular formula is C22H28N2O3. The van der Waals surface area contributed by atoms with Crippen LogP contribution < -0.4 is 4.74 Å². The van der Waals surface area contributed by atoms with Gasteiger partial charge < -0.3 is 14.1 Å². The molecule has 0 aliphatic carbocycles. The van der Waals surface area contributed by atoms with E-state index in [4.69, 9.17) is 9.15 Å². The van der Waals surface area contributed by atoms with Crippen LogP contribution in [0.3, 0.4) is 0 Å². The summed E-state index contributed by atoms with van der Waals surface area (Å²) in [6.07, 6.45) is 4.52. The summed E-state index contributed by atoms with van der Waals surface area (Å²) < 4.78 is 11.7. The highest BCUT2D eigenvalue weighted by atomic mass is 16.5. The van der Waals surface area contributed by atoms with Crippen molar-refractivity contribution in [3.05, 3.63) is 53.5 Å². The second kappa shape index (κ2) is 8.17. The number of rotatable bonds is 7. The zero-order valence-electron chi connectivity index (χ0n) is 16.0. The average molecular weight is 368 g/mol. The van der Waals surface area contributed by atoms with E-state index < -0.39 is 0 Å². The monoisotopic (exact) mass is 368 g/mol. The van der Waals surface area contributed by atoms with Crippen LogP contribution in [0.5, 0.6) is 5.75 Å². The molecule has 2 aliphatic rings. The fourth-order valence-electron chi connectivity index (χ4n) is 3.87. The van der Waals surface area contributed by atoms with Crippen molar-refractivity contribution in [1.82, 2.24) is 9.80 Å². The van der Waals surface area contributed by atoms with Crippen molar-refractivity contribution < 1.29 is 13.9 Å². The fraction of sp³-hybridized carbons (Fsp3) is 0.500. The summed E-state index contributed by atoms with van der Waals surface area (Å²) in [4.78, 5) is 16.8. The minimum atomic E-state index is 0.126. The number of carbonyl (C=O) groups is 1. The number of nitrogens with zero attached hydrogens (tertiary/aromatic N) is 2. The fourth-order valence-corrected chi connectivity index (χ4v) is 3.87. The van der Waals surface area contributed by atoms with Gasteiger partial charge in [-0.25, -0.2) is 0 Å². The molecule has 0 atom stereocenters. The third-order valence-corrected chi connectivity index (χ3v) is 5.39. The molecule has 2 aromatic rings. The van der Waals surface area contributed by atoms with Crippen molar-refractivity contribution in [3.8, 4) is 5.75 Å². The molecule has 0 unspecified atom stereocenters. The van der Waals surface area contributed by atoms with Gasteiger partial charge in [-0.1, -0.05) is 6.07 Å². The smallest absolute Gasteiger partial charge is 0.253 e. The SMILES string of the molecule is Cc1ccc(CCCN2CC(Oc3cccc(C(=O)N4CCCC4)c3)C2)o1. The lowest BCUT2D eigenvalue weighted by atomic mass is 10.1. The Kier molecular flexibility index (Phi) is 5.48. The van der Waals surface area contributed by atoms with E-state index in [1.165, 1.54) is 0 Å². The van der Waals surface area contributed by atoms with Crippen molar-refractivity contribution >= 4 is 5.91 Å². The van der Waals surface area contributed by atoms with Gasteiger partial charge >= 0.3 is 0 Å². The van der Waals surface area contributed by atoms with E-state index in [-0.39, 0.29) is 12.0 Å². The van der Waals surface area contributed by atoms with E-state index in [9.17, 15) is 4.79 Å². The molecule has 4 rings (SSSR count). The number of hydrogen-bond donors (Lipinski definition) is 0. The lowest BCUT2D eigenvalue weighted by Crippen LogP contribution is -2.53. The largest absolute Gasteiger partial charge is 0.488 e. The van der Waals surface area contributed by atoms with Gasteiger partial charge in [-0.15, -0.1) is 0 Å². The molecule has 0 radical (unpaired) electrons. The molecule has 0 N–H and O–H groups in total. The summed E-state index contributed by atoms with van der Waals surface area (Å²) in [6.45, 7) is 6.68. The minimum absolute atomic E-state index is 0.126. The Bertz CT molecular complexity index is 773. The summed E-state index contributed by atoms with van der Waals surface area (Å²) in [7, 11) is 0. The molecule has 1 aromatic carbocycles. The Morgan fingerprint density at radius 3 is 2.74 bits per heavy atom. The molecule has 0 spiro atoms. The Hall–Kier alpha value is -2.27. The molecule has 1 amide bonds. The maximum absolute atomic E-state index is 12.5. The van der Waals surface area contributed by atoms with Crippen molar-refractivity contribution in [2.24, 2.45) is 0 Å². The maximum Gasteiger partial charge on any atom is 0.253 e. The van der Waals surface area contributed by atoms with Gasteiger partial charge in [-0.3, -0.25) is 9.69 Å². The van der Waals surface area contributed by atoms with Gasteiger partial charge in [-0.2, -0.15) is 0 Å². The molecule has 0 saturated carbocycles. The number of ether oxygens (including phenoxy) is 1. The van der Waals surface area contributed by atoms with Crippen molar-refractivity contribution in [3.63, 3.8) is 0 Å². The van der Waals surface area contributed by atoms with E-state index in [2.05, 4.69) is 11.0 Å². The van der Waals surface area contributed by atoms with Gasteiger partial charge in [0.2, 0.25) is 0 Å².